The van der Waals surface area contributed by atoms with Gasteiger partial charge < -0.3 is 15.2 Å². The number of nitrogens with one attached hydrogen (secondary N) is 1. The third kappa shape index (κ3) is 3.05. The summed E-state index contributed by atoms with van der Waals surface area (Å²) in [7, 11) is 1.50. The summed E-state index contributed by atoms with van der Waals surface area (Å²) >= 11 is 0. The van der Waals surface area contributed by atoms with E-state index in [0.29, 0.717) is 18.0 Å². The lowest BCUT2D eigenvalue weighted by Gasteiger charge is -2.24. The molecule has 17 heavy (non-hydrogen) atoms. The second kappa shape index (κ2) is 4.99. The molecule has 0 saturated carbocycles. The summed E-state index contributed by atoms with van der Waals surface area (Å²) in [6.07, 6.45) is 0.419. The van der Waals surface area contributed by atoms with Gasteiger partial charge in [-0.3, -0.25) is 0 Å². The van der Waals surface area contributed by atoms with Gasteiger partial charge in [0.2, 0.25) is 11.8 Å². The van der Waals surface area contributed by atoms with Gasteiger partial charge in [0.1, 0.15) is 5.54 Å². The first-order valence-corrected chi connectivity index (χ1v) is 5.32. The Hall–Kier alpha value is -1.85. The van der Waals surface area contributed by atoms with Gasteiger partial charge in [0.25, 0.3) is 0 Å². The Morgan fingerprint density at radius 2 is 2.24 bits per heavy atom. The molecule has 2 N–H and O–H groups in total. The summed E-state index contributed by atoms with van der Waals surface area (Å²) in [6, 6.07) is 1.68. The Morgan fingerprint density at radius 3 is 2.71 bits per heavy atom. The predicted molar refractivity (Wildman–Crippen MR) is 63.3 cm³/mol. The SMILES string of the molecule is CCC(C)(Nc1nc(C)cc(OC)n1)C(=O)O. The van der Waals surface area contributed by atoms with Crippen LogP contribution in [-0.4, -0.2) is 33.7 Å². The first kappa shape index (κ1) is 13.2. The zero-order valence-corrected chi connectivity index (χ0v) is 10.4. The summed E-state index contributed by atoms with van der Waals surface area (Å²) in [5.41, 5.74) is -0.373. The topological polar surface area (TPSA) is 84.3 Å². The molecule has 1 aromatic heterocycles. The van der Waals surface area contributed by atoms with Gasteiger partial charge in [0, 0.05) is 11.8 Å². The van der Waals surface area contributed by atoms with Crippen LogP contribution in [0, 0.1) is 6.92 Å². The van der Waals surface area contributed by atoms with E-state index < -0.39 is 11.5 Å². The molecule has 0 amide bonds. The molecule has 0 spiro atoms. The maximum atomic E-state index is 11.1. The molecule has 0 radical (unpaired) electrons. The molecular weight excluding hydrogens is 222 g/mol. The first-order chi connectivity index (χ1) is 7.91. The number of hydrogen-bond acceptors (Lipinski definition) is 5. The number of nitrogens with zero attached hydrogens (tertiary/aromatic N) is 2. The number of hydrogen-bond donors (Lipinski definition) is 2. The molecule has 94 valence electrons. The van der Waals surface area contributed by atoms with Crippen LogP contribution < -0.4 is 10.1 Å². The fourth-order valence-corrected chi connectivity index (χ4v) is 1.24. The highest BCUT2D eigenvalue weighted by atomic mass is 16.5. The number of aliphatic carboxylic acids is 1. The molecule has 0 aromatic carbocycles. The van der Waals surface area contributed by atoms with Crippen LogP contribution in [0.5, 0.6) is 5.88 Å². The molecule has 6 heteroatoms. The van der Waals surface area contributed by atoms with Gasteiger partial charge in [-0.1, -0.05) is 6.92 Å². The van der Waals surface area contributed by atoms with E-state index in [-0.39, 0.29) is 5.95 Å². The van der Waals surface area contributed by atoms with E-state index in [1.54, 1.807) is 26.8 Å². The van der Waals surface area contributed by atoms with Crippen molar-refractivity contribution in [2.24, 2.45) is 0 Å². The molecule has 1 rings (SSSR count). The molecule has 0 bridgehead atoms. The second-order valence-electron chi connectivity index (χ2n) is 3.99. The van der Waals surface area contributed by atoms with Gasteiger partial charge in [0.15, 0.2) is 0 Å². The minimum Gasteiger partial charge on any atom is -0.481 e. The van der Waals surface area contributed by atoms with Crippen LogP contribution in [0.1, 0.15) is 26.0 Å². The molecule has 0 aliphatic rings. The molecule has 0 aliphatic carbocycles. The number of carbonyl (C=O) groups is 1. The van der Waals surface area contributed by atoms with Crippen LogP contribution in [-0.2, 0) is 4.79 Å². The fraction of sp³-hybridized carbons (Fsp3) is 0.545. The van der Waals surface area contributed by atoms with E-state index >= 15 is 0 Å². The number of carboxylic acids is 1. The van der Waals surface area contributed by atoms with E-state index in [2.05, 4.69) is 15.3 Å². The monoisotopic (exact) mass is 239 g/mol. The van der Waals surface area contributed by atoms with Crippen LogP contribution >= 0.6 is 0 Å². The average molecular weight is 239 g/mol. The Kier molecular flexibility index (Phi) is 3.88. The standard InChI is InChI=1S/C11H17N3O3/c1-5-11(3,9(15)16)14-10-12-7(2)6-8(13-10)17-4/h6H,5H2,1-4H3,(H,15,16)(H,12,13,14). The number of carboxylic acid groups (broad SMARTS) is 1. The molecule has 1 aromatic rings. The summed E-state index contributed by atoms with van der Waals surface area (Å²) < 4.78 is 5.01. The largest absolute Gasteiger partial charge is 0.481 e. The van der Waals surface area contributed by atoms with Crippen molar-refractivity contribution in [2.45, 2.75) is 32.7 Å². The molecule has 6 nitrogen and oxygen atoms in total. The lowest BCUT2D eigenvalue weighted by atomic mass is 10.00. The Balaban J connectivity index is 3.01. The van der Waals surface area contributed by atoms with Crippen molar-refractivity contribution in [3.05, 3.63) is 11.8 Å². The van der Waals surface area contributed by atoms with E-state index in [4.69, 9.17) is 9.84 Å². The van der Waals surface area contributed by atoms with Crippen molar-refractivity contribution in [1.29, 1.82) is 0 Å². The molecule has 0 saturated heterocycles. The minimum atomic E-state index is -1.08. The smallest absolute Gasteiger partial charge is 0.329 e. The normalized spacial score (nSPS) is 13.9. The summed E-state index contributed by atoms with van der Waals surface area (Å²) in [6.45, 7) is 5.17. The van der Waals surface area contributed by atoms with Gasteiger partial charge >= 0.3 is 5.97 Å². The van der Waals surface area contributed by atoms with Crippen molar-refractivity contribution in [2.75, 3.05) is 12.4 Å². The second-order valence-corrected chi connectivity index (χ2v) is 3.99. The van der Waals surface area contributed by atoms with Crippen molar-refractivity contribution >= 4 is 11.9 Å². The quantitative estimate of drug-likeness (QED) is 0.809. The zero-order chi connectivity index (χ0) is 13.1. The number of ether oxygens (including phenoxy) is 1. The van der Waals surface area contributed by atoms with Crippen LogP contribution in [0.4, 0.5) is 5.95 Å². The molecule has 0 aliphatic heterocycles. The van der Waals surface area contributed by atoms with Crippen LogP contribution in [0.25, 0.3) is 0 Å². The lowest BCUT2D eigenvalue weighted by Crippen LogP contribution is -2.43. The van der Waals surface area contributed by atoms with Crippen LogP contribution in [0.15, 0.2) is 6.07 Å². The summed E-state index contributed by atoms with van der Waals surface area (Å²) in [5, 5.41) is 12.0. The van der Waals surface area contributed by atoms with Crippen LogP contribution in [0.3, 0.4) is 0 Å². The average Bonchev–Trinajstić information content (AvgIpc) is 2.27. The maximum absolute atomic E-state index is 11.1. The van der Waals surface area contributed by atoms with Gasteiger partial charge in [-0.15, -0.1) is 0 Å². The molecule has 0 fully saturated rings. The number of methoxy groups -OCH3 is 1. The molecular formula is C11H17N3O3. The highest BCUT2D eigenvalue weighted by molar-refractivity contribution is 5.81. The number of aryl methyl sites for hydroxylation is 1. The molecule has 1 atom stereocenters. The highest BCUT2D eigenvalue weighted by Gasteiger charge is 2.31. The minimum absolute atomic E-state index is 0.258. The molecule has 1 unspecified atom stereocenters. The third-order valence-corrected chi connectivity index (χ3v) is 2.61. The fourth-order valence-electron chi connectivity index (χ4n) is 1.24. The third-order valence-electron chi connectivity index (χ3n) is 2.61. The zero-order valence-electron chi connectivity index (χ0n) is 10.4. The predicted octanol–water partition coefficient (Wildman–Crippen LogP) is 1.46. The van der Waals surface area contributed by atoms with E-state index in [9.17, 15) is 4.79 Å². The summed E-state index contributed by atoms with van der Waals surface area (Å²) in [5.74, 6) is -0.276. The van der Waals surface area contributed by atoms with Crippen LogP contribution in [0.2, 0.25) is 0 Å². The number of rotatable bonds is 5. The van der Waals surface area contributed by atoms with Gasteiger partial charge in [-0.2, -0.15) is 4.98 Å². The first-order valence-electron chi connectivity index (χ1n) is 5.32. The van der Waals surface area contributed by atoms with Crippen molar-refractivity contribution in [3.8, 4) is 5.88 Å². The van der Waals surface area contributed by atoms with E-state index in [1.165, 1.54) is 7.11 Å². The van der Waals surface area contributed by atoms with E-state index in [1.807, 2.05) is 0 Å². The van der Waals surface area contributed by atoms with Gasteiger partial charge in [-0.25, -0.2) is 9.78 Å². The van der Waals surface area contributed by atoms with Crippen molar-refractivity contribution < 1.29 is 14.6 Å². The number of aromatic nitrogens is 2. The van der Waals surface area contributed by atoms with Gasteiger partial charge in [-0.05, 0) is 20.3 Å². The van der Waals surface area contributed by atoms with Crippen molar-refractivity contribution in [1.82, 2.24) is 9.97 Å². The van der Waals surface area contributed by atoms with Gasteiger partial charge in [0.05, 0.1) is 7.11 Å². The lowest BCUT2D eigenvalue weighted by molar-refractivity contribution is -0.141. The highest BCUT2D eigenvalue weighted by Crippen LogP contribution is 2.18. The Labute approximate surface area is 100 Å². The van der Waals surface area contributed by atoms with Crippen molar-refractivity contribution in [3.63, 3.8) is 0 Å². The Bertz CT molecular complexity index is 422. The Morgan fingerprint density at radius 1 is 1.59 bits per heavy atom. The number of anilines is 1. The summed E-state index contributed by atoms with van der Waals surface area (Å²) in [4.78, 5) is 19.3. The van der Waals surface area contributed by atoms with E-state index in [0.717, 1.165) is 0 Å². The molecule has 1 heterocycles. The maximum Gasteiger partial charge on any atom is 0.329 e.